The van der Waals surface area contributed by atoms with Crippen LogP contribution in [0.4, 0.5) is 11.4 Å². The average Bonchev–Trinajstić information content (AvgIpc) is 3.11. The van der Waals surface area contributed by atoms with Gasteiger partial charge in [-0.1, -0.05) is 49.2 Å². The molecule has 0 saturated heterocycles. The number of ether oxygens (including phenoxy) is 2. The smallest absolute Gasteiger partial charge is 0.336 e. The fourth-order valence-corrected chi connectivity index (χ4v) is 7.03. The summed E-state index contributed by atoms with van der Waals surface area (Å²) in [7, 11) is 0. The number of aromatic hydroxyl groups is 1. The van der Waals surface area contributed by atoms with Gasteiger partial charge in [0.25, 0.3) is 0 Å². The van der Waals surface area contributed by atoms with Crippen molar-refractivity contribution in [2.75, 3.05) is 49.2 Å². The maximum Gasteiger partial charge on any atom is 0.336 e. The summed E-state index contributed by atoms with van der Waals surface area (Å²) in [5.74, 6) is -7.89. The molecule has 0 heterocycles. The Balaban J connectivity index is 1.68. The number of phenolic OH excluding ortho intramolecular Hbond substituents is 1. The SMILES string of the molecule is CC1(C)C2=CC(=O)C(Cl)=CC2=C(c2cc(OCCOc3ccccc3N(CC(=O)O)CC(=O)O)c(N(CC(=O)O)CC(=O)O)cc2C(=O)O)c2cc(Cl)c(O)cc21. The van der Waals surface area contributed by atoms with E-state index in [-0.39, 0.29) is 63.0 Å². The van der Waals surface area contributed by atoms with Crippen LogP contribution in [0, 0.1) is 0 Å². The Labute approximate surface area is 333 Å². The van der Waals surface area contributed by atoms with E-state index in [1.54, 1.807) is 26.0 Å². The molecule has 298 valence electrons. The fourth-order valence-electron chi connectivity index (χ4n) is 6.71. The summed E-state index contributed by atoms with van der Waals surface area (Å²) >= 11 is 12.8. The van der Waals surface area contributed by atoms with E-state index in [4.69, 9.17) is 32.7 Å². The molecule has 0 saturated carbocycles. The first-order valence-corrected chi connectivity index (χ1v) is 17.6. The van der Waals surface area contributed by atoms with E-state index in [2.05, 4.69) is 0 Å². The Morgan fingerprint density at radius 3 is 1.81 bits per heavy atom. The van der Waals surface area contributed by atoms with E-state index in [1.165, 1.54) is 42.5 Å². The Morgan fingerprint density at radius 2 is 1.25 bits per heavy atom. The lowest BCUT2D eigenvalue weighted by atomic mass is 9.64. The van der Waals surface area contributed by atoms with Crippen molar-refractivity contribution in [3.05, 3.63) is 104 Å². The quantitative estimate of drug-likeness (QED) is 0.0993. The molecule has 2 aliphatic rings. The number of rotatable bonds is 17. The number of carboxylic acid groups (broad SMARTS) is 5. The predicted molar refractivity (Wildman–Crippen MR) is 205 cm³/mol. The van der Waals surface area contributed by atoms with Gasteiger partial charge in [0, 0.05) is 11.0 Å². The molecule has 18 heteroatoms. The van der Waals surface area contributed by atoms with E-state index >= 15 is 0 Å². The number of benzene rings is 3. The highest BCUT2D eigenvalue weighted by Gasteiger charge is 2.41. The number of aromatic carboxylic acids is 1. The molecule has 0 amide bonds. The van der Waals surface area contributed by atoms with E-state index in [9.17, 15) is 59.4 Å². The van der Waals surface area contributed by atoms with Crippen molar-refractivity contribution < 1.29 is 68.9 Å². The Bertz CT molecular complexity index is 2280. The van der Waals surface area contributed by atoms with Crippen LogP contribution >= 0.6 is 23.2 Å². The van der Waals surface area contributed by atoms with E-state index in [0.29, 0.717) is 22.3 Å². The van der Waals surface area contributed by atoms with Crippen LogP contribution < -0.4 is 19.3 Å². The van der Waals surface area contributed by atoms with Crippen LogP contribution in [0.5, 0.6) is 17.2 Å². The lowest BCUT2D eigenvalue weighted by Gasteiger charge is -2.39. The number of carbonyl (C=O) groups is 6. The van der Waals surface area contributed by atoms with Crippen LogP contribution in [-0.2, 0) is 29.4 Å². The molecular weight excluding hydrogens is 791 g/mol. The molecule has 0 aliphatic heterocycles. The minimum absolute atomic E-state index is 0.0365. The maximum absolute atomic E-state index is 13.1. The van der Waals surface area contributed by atoms with Gasteiger partial charge in [0.2, 0.25) is 0 Å². The zero-order valence-electron chi connectivity index (χ0n) is 30.1. The summed E-state index contributed by atoms with van der Waals surface area (Å²) in [6, 6.07) is 11.2. The van der Waals surface area contributed by atoms with Crippen molar-refractivity contribution in [1.82, 2.24) is 0 Å². The summed E-state index contributed by atoms with van der Waals surface area (Å²) in [4.78, 5) is 74.8. The highest BCUT2D eigenvalue weighted by molar-refractivity contribution is 6.45. The highest BCUT2D eigenvalue weighted by Crippen LogP contribution is 2.53. The number of carboxylic acids is 5. The van der Waals surface area contributed by atoms with Crippen LogP contribution in [0.15, 0.2) is 76.9 Å². The summed E-state index contributed by atoms with van der Waals surface area (Å²) in [6.07, 6.45) is 2.69. The first kappa shape index (κ1) is 41.6. The molecule has 0 radical (unpaired) electrons. The van der Waals surface area contributed by atoms with Crippen LogP contribution in [0.2, 0.25) is 5.02 Å². The van der Waals surface area contributed by atoms with Gasteiger partial charge in [-0.3, -0.25) is 24.0 Å². The maximum atomic E-state index is 13.1. The van der Waals surface area contributed by atoms with Crippen LogP contribution in [-0.4, -0.2) is 106 Å². The van der Waals surface area contributed by atoms with Gasteiger partial charge in [0.05, 0.1) is 27.0 Å². The number of hydrogen-bond donors (Lipinski definition) is 6. The van der Waals surface area contributed by atoms with Gasteiger partial charge in [-0.2, -0.15) is 0 Å². The molecule has 0 atom stereocenters. The number of nitrogens with zero attached hydrogens (tertiary/aromatic N) is 2. The third-order valence-electron chi connectivity index (χ3n) is 9.09. The van der Waals surface area contributed by atoms with Crippen molar-refractivity contribution in [2.24, 2.45) is 0 Å². The van der Waals surface area contributed by atoms with Crippen molar-refractivity contribution in [3.63, 3.8) is 0 Å². The molecule has 0 spiro atoms. The summed E-state index contributed by atoms with van der Waals surface area (Å²) < 4.78 is 12.0. The number of phenols is 1. The monoisotopic (exact) mass is 824 g/mol. The van der Waals surface area contributed by atoms with Gasteiger partial charge >= 0.3 is 29.8 Å². The van der Waals surface area contributed by atoms with Crippen LogP contribution in [0.3, 0.4) is 0 Å². The second-order valence-corrected chi connectivity index (χ2v) is 14.1. The third-order valence-corrected chi connectivity index (χ3v) is 9.69. The van der Waals surface area contributed by atoms with E-state index in [1.807, 2.05) is 0 Å². The highest BCUT2D eigenvalue weighted by atomic mass is 35.5. The minimum Gasteiger partial charge on any atom is -0.506 e. The van der Waals surface area contributed by atoms with Gasteiger partial charge in [0.1, 0.15) is 56.6 Å². The number of fused-ring (bicyclic) bond motifs is 2. The second kappa shape index (κ2) is 16.7. The molecular formula is C39H34Cl2N2O14. The number of allylic oxidation sites excluding steroid dienone is 5. The van der Waals surface area contributed by atoms with Crippen LogP contribution in [0.25, 0.3) is 5.57 Å². The zero-order valence-corrected chi connectivity index (χ0v) is 31.6. The van der Waals surface area contributed by atoms with Gasteiger partial charge in [-0.25, -0.2) is 4.79 Å². The summed E-state index contributed by atoms with van der Waals surface area (Å²) in [6.45, 7) is -0.165. The van der Waals surface area contributed by atoms with Crippen LogP contribution in [0.1, 0.15) is 40.9 Å². The Kier molecular flexibility index (Phi) is 12.2. The molecule has 16 nitrogen and oxygen atoms in total. The van der Waals surface area contributed by atoms with Gasteiger partial charge in [-0.05, 0) is 76.4 Å². The normalized spacial score (nSPS) is 14.1. The van der Waals surface area contributed by atoms with Crippen molar-refractivity contribution in [2.45, 2.75) is 19.3 Å². The molecule has 2 aliphatic carbocycles. The Morgan fingerprint density at radius 1 is 0.702 bits per heavy atom. The number of para-hydroxylation sites is 2. The largest absolute Gasteiger partial charge is 0.506 e. The number of aliphatic carboxylic acids is 4. The molecule has 0 aromatic heterocycles. The topological polar surface area (TPSA) is 249 Å². The summed E-state index contributed by atoms with van der Waals surface area (Å²) in [5, 5.41) is 59.2. The molecule has 0 bridgehead atoms. The summed E-state index contributed by atoms with van der Waals surface area (Å²) in [5.41, 5.74) is 0.252. The number of anilines is 2. The average molecular weight is 826 g/mol. The van der Waals surface area contributed by atoms with Gasteiger partial charge in [0.15, 0.2) is 5.78 Å². The van der Waals surface area contributed by atoms with Crippen molar-refractivity contribution in [1.29, 1.82) is 0 Å². The van der Waals surface area contributed by atoms with Gasteiger partial charge < -0.3 is 49.9 Å². The fraction of sp³-hybridized carbons (Fsp3) is 0.231. The van der Waals surface area contributed by atoms with E-state index in [0.717, 1.165) is 15.9 Å². The molecule has 6 N–H and O–H groups in total. The standard InChI is InChI=1S/C39H34Cl2N2O14/c1-39(2)23-13-29(44)25(40)9-21(23)37(22-10-26(41)30(45)14-24(22)39)19-12-32(28(11-20(19)38(54)55)43(17-35(50)51)18-36(52)53)57-8-7-56-31-6-4-3-5-27(31)42(15-33(46)47)16-34(48)49/h3-6,9-14,44H,7-8,15-18H2,1-2H3,(H,46,47)(H,48,49)(H,50,51)(H,52,53)(H,54,55). The Hall–Kier alpha value is -6.52. The molecule has 3 aromatic carbocycles. The lowest BCUT2D eigenvalue weighted by molar-refractivity contribution is -0.138. The lowest BCUT2D eigenvalue weighted by Crippen LogP contribution is -2.35. The zero-order chi connectivity index (χ0) is 41.9. The number of ketones is 1. The number of carbonyl (C=O) groups excluding carboxylic acids is 1. The van der Waals surface area contributed by atoms with E-state index < -0.39 is 72.8 Å². The van der Waals surface area contributed by atoms with Crippen molar-refractivity contribution in [3.8, 4) is 17.2 Å². The van der Waals surface area contributed by atoms with Crippen molar-refractivity contribution >= 4 is 75.8 Å². The third kappa shape index (κ3) is 8.98. The number of hydrogen-bond acceptors (Lipinski definition) is 11. The first-order valence-electron chi connectivity index (χ1n) is 16.8. The first-order chi connectivity index (χ1) is 26.8. The molecule has 5 rings (SSSR count). The van der Waals surface area contributed by atoms with Gasteiger partial charge in [-0.15, -0.1) is 0 Å². The number of halogens is 2. The second-order valence-electron chi connectivity index (χ2n) is 13.3. The molecule has 0 fully saturated rings. The molecule has 57 heavy (non-hydrogen) atoms. The predicted octanol–water partition coefficient (Wildman–Crippen LogP) is 4.88. The molecule has 0 unspecified atom stereocenters. The molecule has 3 aromatic rings. The minimum atomic E-state index is -1.51.